The van der Waals surface area contributed by atoms with E-state index in [4.69, 9.17) is 14.9 Å². The number of piperidine rings is 1. The maximum atomic E-state index is 10.6. The van der Waals surface area contributed by atoms with Gasteiger partial charge in [0.15, 0.2) is 0 Å². The first-order valence-corrected chi connectivity index (χ1v) is 10.9. The number of aromatic carboxylic acids is 2. The van der Waals surface area contributed by atoms with Crippen LogP contribution in [-0.4, -0.2) is 66.4 Å². The van der Waals surface area contributed by atoms with E-state index in [9.17, 15) is 14.4 Å². The van der Waals surface area contributed by atoms with Crippen LogP contribution in [0, 0.1) is 6.92 Å². The second-order valence-corrected chi connectivity index (χ2v) is 7.26. The fraction of sp³-hybridized carbons (Fsp3) is 0.400. The van der Waals surface area contributed by atoms with Crippen molar-refractivity contribution in [2.45, 2.75) is 33.1 Å². The standard InChI is InChI=1S/C13H19NO.C9H8O4.C3H6O2/c1-3-7-13(8-4-1)15-12-11-14-9-5-2-6-10-14;1-5-2-3-6(8(10)11)4-7(5)9(12)13;1-2-5-3-4/h1,3-4,7-8H,2,5-6,9-12H2;2-4H,1H3,(H,10,11)(H,12,13);3H,2H2,1H3. The molecular weight excluding hydrogens is 426 g/mol. The lowest BCUT2D eigenvalue weighted by molar-refractivity contribution is -0.128. The van der Waals surface area contributed by atoms with Crippen molar-refractivity contribution in [3.63, 3.8) is 0 Å². The molecule has 8 nitrogen and oxygen atoms in total. The highest BCUT2D eigenvalue weighted by Gasteiger charge is 2.11. The topological polar surface area (TPSA) is 113 Å². The summed E-state index contributed by atoms with van der Waals surface area (Å²) in [7, 11) is 0. The summed E-state index contributed by atoms with van der Waals surface area (Å²) in [5.41, 5.74) is 0.570. The van der Waals surface area contributed by atoms with E-state index in [2.05, 4.69) is 9.64 Å². The van der Waals surface area contributed by atoms with E-state index in [0.29, 0.717) is 18.6 Å². The first-order valence-electron chi connectivity index (χ1n) is 10.9. The molecule has 2 aromatic rings. The predicted molar refractivity (Wildman–Crippen MR) is 125 cm³/mol. The lowest BCUT2D eigenvalue weighted by atomic mass is 10.1. The molecule has 0 amide bonds. The molecule has 8 heteroatoms. The second kappa shape index (κ2) is 16.3. The monoisotopic (exact) mass is 459 g/mol. The van der Waals surface area contributed by atoms with Gasteiger partial charge in [0.1, 0.15) is 12.4 Å². The van der Waals surface area contributed by atoms with Gasteiger partial charge < -0.3 is 19.7 Å². The molecule has 1 saturated heterocycles. The second-order valence-electron chi connectivity index (χ2n) is 7.26. The highest BCUT2D eigenvalue weighted by atomic mass is 16.5. The van der Waals surface area contributed by atoms with Crippen LogP contribution in [0.15, 0.2) is 48.5 Å². The normalized spacial score (nSPS) is 12.8. The van der Waals surface area contributed by atoms with Gasteiger partial charge in [-0.2, -0.15) is 0 Å². The Morgan fingerprint density at radius 1 is 1.00 bits per heavy atom. The number of nitrogens with zero attached hydrogens (tertiary/aromatic N) is 1. The Hall–Kier alpha value is -3.39. The molecule has 0 saturated carbocycles. The highest BCUT2D eigenvalue weighted by Crippen LogP contribution is 2.12. The van der Waals surface area contributed by atoms with Crippen LogP contribution in [0.2, 0.25) is 0 Å². The van der Waals surface area contributed by atoms with Gasteiger partial charge in [0.05, 0.1) is 17.7 Å². The van der Waals surface area contributed by atoms with Crippen LogP contribution in [0.25, 0.3) is 0 Å². The summed E-state index contributed by atoms with van der Waals surface area (Å²) in [5, 5.41) is 17.3. The molecule has 1 fully saturated rings. The molecular formula is C25H33NO7. The minimum absolute atomic E-state index is 0.0111. The Kier molecular flexibility index (Phi) is 13.6. The quantitative estimate of drug-likeness (QED) is 0.567. The van der Waals surface area contributed by atoms with Crippen LogP contribution in [0.5, 0.6) is 5.75 Å². The maximum absolute atomic E-state index is 10.6. The van der Waals surface area contributed by atoms with Gasteiger partial charge in [-0.15, -0.1) is 0 Å². The molecule has 33 heavy (non-hydrogen) atoms. The number of carbonyl (C=O) groups is 3. The molecule has 1 aliphatic rings. The summed E-state index contributed by atoms with van der Waals surface area (Å²) in [4.78, 5) is 32.8. The van der Waals surface area contributed by atoms with Crippen LogP contribution in [0.1, 0.15) is 52.5 Å². The van der Waals surface area contributed by atoms with E-state index in [0.717, 1.165) is 25.0 Å². The fourth-order valence-corrected chi connectivity index (χ4v) is 3.05. The van der Waals surface area contributed by atoms with Crippen LogP contribution in [0.4, 0.5) is 0 Å². The average molecular weight is 460 g/mol. The van der Waals surface area contributed by atoms with Gasteiger partial charge in [0.25, 0.3) is 6.47 Å². The SMILES string of the molecule is CCOC=O.Cc1ccc(C(=O)O)cc1C(=O)O.c1ccc(OCCN2CCCCC2)cc1. The van der Waals surface area contributed by atoms with Crippen molar-refractivity contribution >= 4 is 18.4 Å². The minimum Gasteiger partial charge on any atom is -0.492 e. The third kappa shape index (κ3) is 11.7. The van der Waals surface area contributed by atoms with Crippen LogP contribution in [-0.2, 0) is 9.53 Å². The molecule has 1 heterocycles. The fourth-order valence-electron chi connectivity index (χ4n) is 3.05. The first-order chi connectivity index (χ1) is 15.9. The highest BCUT2D eigenvalue weighted by molar-refractivity contribution is 5.94. The Bertz CT molecular complexity index is 849. The number of hydrogen-bond acceptors (Lipinski definition) is 6. The predicted octanol–water partition coefficient (Wildman–Crippen LogP) is 4.12. The summed E-state index contributed by atoms with van der Waals surface area (Å²) < 4.78 is 9.82. The number of ether oxygens (including phenoxy) is 2. The summed E-state index contributed by atoms with van der Waals surface area (Å²) in [6.45, 7) is 8.65. The molecule has 0 spiro atoms. The summed E-state index contributed by atoms with van der Waals surface area (Å²) in [5.74, 6) is -1.25. The van der Waals surface area contributed by atoms with Gasteiger partial charge >= 0.3 is 11.9 Å². The van der Waals surface area contributed by atoms with Crippen molar-refractivity contribution in [3.8, 4) is 5.75 Å². The number of aryl methyl sites for hydroxylation is 1. The van der Waals surface area contributed by atoms with E-state index in [1.165, 1.54) is 44.5 Å². The Morgan fingerprint density at radius 2 is 1.67 bits per heavy atom. The molecule has 180 valence electrons. The lowest BCUT2D eigenvalue weighted by Crippen LogP contribution is -2.33. The minimum atomic E-state index is -1.12. The number of likely N-dealkylation sites (tertiary alicyclic amines) is 1. The van der Waals surface area contributed by atoms with Gasteiger partial charge in [-0.3, -0.25) is 9.69 Å². The summed E-state index contributed by atoms with van der Waals surface area (Å²) >= 11 is 0. The smallest absolute Gasteiger partial charge is 0.335 e. The van der Waals surface area contributed by atoms with Crippen LogP contribution < -0.4 is 4.74 Å². The maximum Gasteiger partial charge on any atom is 0.335 e. The van der Waals surface area contributed by atoms with Gasteiger partial charge in [-0.25, -0.2) is 9.59 Å². The zero-order valence-electron chi connectivity index (χ0n) is 19.2. The van der Waals surface area contributed by atoms with Crippen LogP contribution >= 0.6 is 0 Å². The Labute approximate surface area is 194 Å². The van der Waals surface area contributed by atoms with Gasteiger partial charge in [-0.05, 0) is 69.6 Å². The van der Waals surface area contributed by atoms with Crippen molar-refractivity contribution in [3.05, 3.63) is 65.2 Å². The van der Waals surface area contributed by atoms with Crippen molar-refractivity contribution in [2.75, 3.05) is 32.8 Å². The van der Waals surface area contributed by atoms with Crippen molar-refractivity contribution in [1.82, 2.24) is 4.90 Å². The number of carboxylic acids is 2. The molecule has 0 radical (unpaired) electrons. The third-order valence-electron chi connectivity index (χ3n) is 4.82. The molecule has 2 aromatic carbocycles. The molecule has 0 unspecified atom stereocenters. The van der Waals surface area contributed by atoms with Crippen molar-refractivity contribution < 1.29 is 34.1 Å². The molecule has 3 rings (SSSR count). The van der Waals surface area contributed by atoms with Gasteiger partial charge in [0, 0.05) is 6.54 Å². The lowest BCUT2D eigenvalue weighted by Gasteiger charge is -2.26. The van der Waals surface area contributed by atoms with Crippen molar-refractivity contribution in [1.29, 1.82) is 0 Å². The third-order valence-corrected chi connectivity index (χ3v) is 4.82. The molecule has 0 aromatic heterocycles. The number of rotatable bonds is 8. The van der Waals surface area contributed by atoms with E-state index >= 15 is 0 Å². The molecule has 0 bridgehead atoms. The average Bonchev–Trinajstić information content (AvgIpc) is 2.82. The van der Waals surface area contributed by atoms with E-state index in [-0.39, 0.29) is 11.1 Å². The number of hydrogen-bond donors (Lipinski definition) is 2. The summed E-state index contributed by atoms with van der Waals surface area (Å²) in [6, 6.07) is 14.1. The number of para-hydroxylation sites is 1. The first kappa shape index (κ1) is 27.6. The van der Waals surface area contributed by atoms with Gasteiger partial charge in [0.2, 0.25) is 0 Å². The molecule has 1 aliphatic heterocycles. The molecule has 0 atom stereocenters. The van der Waals surface area contributed by atoms with E-state index in [1.54, 1.807) is 13.8 Å². The van der Waals surface area contributed by atoms with E-state index < -0.39 is 11.9 Å². The molecule has 0 aliphatic carbocycles. The van der Waals surface area contributed by atoms with Crippen LogP contribution in [0.3, 0.4) is 0 Å². The molecule has 2 N–H and O–H groups in total. The Balaban J connectivity index is 0.000000277. The number of carbonyl (C=O) groups excluding carboxylic acids is 1. The zero-order valence-corrected chi connectivity index (χ0v) is 19.2. The van der Waals surface area contributed by atoms with Gasteiger partial charge in [-0.1, -0.05) is 30.7 Å². The zero-order chi connectivity index (χ0) is 24.5. The Morgan fingerprint density at radius 3 is 2.18 bits per heavy atom. The summed E-state index contributed by atoms with van der Waals surface area (Å²) in [6.07, 6.45) is 4.10. The van der Waals surface area contributed by atoms with E-state index in [1.807, 2.05) is 30.3 Å². The van der Waals surface area contributed by atoms with Crippen molar-refractivity contribution in [2.24, 2.45) is 0 Å². The number of carboxylic acid groups (broad SMARTS) is 2. The number of benzene rings is 2. The largest absolute Gasteiger partial charge is 0.492 e.